The van der Waals surface area contributed by atoms with Crippen LogP contribution in [0.5, 0.6) is 0 Å². The Labute approximate surface area is 85.6 Å². The molecule has 0 radical (unpaired) electrons. The van der Waals surface area contributed by atoms with Gasteiger partial charge in [0.25, 0.3) is 10.2 Å². The Balaban J connectivity index is 2.38. The van der Waals surface area contributed by atoms with Gasteiger partial charge in [-0.1, -0.05) is 6.42 Å². The van der Waals surface area contributed by atoms with Gasteiger partial charge >= 0.3 is 0 Å². The van der Waals surface area contributed by atoms with Gasteiger partial charge in [0, 0.05) is 13.6 Å². The first-order chi connectivity index (χ1) is 6.59. The topological polar surface area (TPSA) is 84.2 Å². The largest absolute Gasteiger partial charge is 0.330 e. The third kappa shape index (κ3) is 3.20. The van der Waals surface area contributed by atoms with Crippen LogP contribution in [0.15, 0.2) is 0 Å². The van der Waals surface area contributed by atoms with Crippen molar-refractivity contribution in [2.75, 3.05) is 20.1 Å². The predicted molar refractivity (Wildman–Crippen MR) is 55.9 cm³/mol. The van der Waals surface area contributed by atoms with E-state index in [-0.39, 0.29) is 0 Å². The zero-order valence-corrected chi connectivity index (χ0v) is 9.31. The molecular formula is C8H19N3O2S. The van der Waals surface area contributed by atoms with Gasteiger partial charge in [-0.25, -0.2) is 9.44 Å². The molecular weight excluding hydrogens is 202 g/mol. The van der Waals surface area contributed by atoms with E-state index < -0.39 is 10.2 Å². The molecule has 1 aliphatic carbocycles. The fourth-order valence-electron chi connectivity index (χ4n) is 1.98. The molecule has 0 saturated heterocycles. The molecule has 5 nitrogen and oxygen atoms in total. The third-order valence-corrected chi connectivity index (χ3v) is 4.01. The van der Waals surface area contributed by atoms with E-state index in [4.69, 9.17) is 5.73 Å². The van der Waals surface area contributed by atoms with Crippen LogP contribution in [0.25, 0.3) is 0 Å². The summed E-state index contributed by atoms with van der Waals surface area (Å²) >= 11 is 0. The molecule has 0 aromatic rings. The minimum atomic E-state index is -3.28. The molecule has 0 bridgehead atoms. The molecule has 1 aliphatic rings. The van der Waals surface area contributed by atoms with Crippen LogP contribution in [0.4, 0.5) is 0 Å². The number of rotatable bonds is 5. The highest BCUT2D eigenvalue weighted by molar-refractivity contribution is 7.87. The van der Waals surface area contributed by atoms with Gasteiger partial charge in [0.2, 0.25) is 0 Å². The van der Waals surface area contributed by atoms with Crippen molar-refractivity contribution >= 4 is 10.2 Å². The summed E-state index contributed by atoms with van der Waals surface area (Å²) in [7, 11) is -1.88. The smallest absolute Gasteiger partial charge is 0.276 e. The van der Waals surface area contributed by atoms with Crippen LogP contribution in [-0.4, -0.2) is 28.6 Å². The van der Waals surface area contributed by atoms with Crippen LogP contribution >= 0.6 is 0 Å². The van der Waals surface area contributed by atoms with E-state index in [1.165, 1.54) is 7.05 Å². The summed E-state index contributed by atoms with van der Waals surface area (Å²) in [4.78, 5) is 0. The van der Waals surface area contributed by atoms with Gasteiger partial charge in [0.15, 0.2) is 0 Å². The van der Waals surface area contributed by atoms with Crippen molar-refractivity contribution in [1.29, 1.82) is 0 Å². The molecule has 1 saturated carbocycles. The lowest BCUT2D eigenvalue weighted by Gasteiger charge is -2.17. The maximum absolute atomic E-state index is 11.1. The fourth-order valence-corrected chi connectivity index (χ4v) is 2.56. The Hall–Kier alpha value is -0.170. The van der Waals surface area contributed by atoms with Gasteiger partial charge < -0.3 is 5.73 Å². The van der Waals surface area contributed by atoms with Gasteiger partial charge in [-0.3, -0.25) is 0 Å². The first kappa shape index (κ1) is 11.9. The molecule has 0 aliphatic heterocycles. The monoisotopic (exact) mass is 221 g/mol. The quantitative estimate of drug-likeness (QED) is 0.580. The Morgan fingerprint density at radius 3 is 2.57 bits per heavy atom. The molecule has 0 heterocycles. The van der Waals surface area contributed by atoms with Gasteiger partial charge in [-0.05, 0) is 31.2 Å². The van der Waals surface area contributed by atoms with Crippen LogP contribution < -0.4 is 15.2 Å². The molecule has 4 N–H and O–H groups in total. The molecule has 0 aromatic heterocycles. The van der Waals surface area contributed by atoms with Crippen molar-refractivity contribution in [2.45, 2.75) is 19.3 Å². The normalized spacial score (nSPS) is 28.1. The maximum atomic E-state index is 11.1. The highest BCUT2D eigenvalue weighted by atomic mass is 32.2. The summed E-state index contributed by atoms with van der Waals surface area (Å²) in [5.41, 5.74) is 5.60. The third-order valence-electron chi connectivity index (χ3n) is 2.92. The van der Waals surface area contributed by atoms with Crippen LogP contribution in [0.3, 0.4) is 0 Å². The van der Waals surface area contributed by atoms with E-state index in [1.807, 2.05) is 0 Å². The second-order valence-electron chi connectivity index (χ2n) is 3.74. The summed E-state index contributed by atoms with van der Waals surface area (Å²) < 4.78 is 26.9. The predicted octanol–water partition coefficient (Wildman–Crippen LogP) is -0.585. The molecule has 6 heteroatoms. The first-order valence-corrected chi connectivity index (χ1v) is 6.45. The van der Waals surface area contributed by atoms with E-state index in [1.54, 1.807) is 0 Å². The molecule has 14 heavy (non-hydrogen) atoms. The van der Waals surface area contributed by atoms with Crippen molar-refractivity contribution < 1.29 is 8.42 Å². The van der Waals surface area contributed by atoms with Crippen molar-refractivity contribution in [3.63, 3.8) is 0 Å². The minimum absolute atomic E-state index is 0.406. The number of hydrogen-bond acceptors (Lipinski definition) is 3. The Morgan fingerprint density at radius 2 is 2.00 bits per heavy atom. The van der Waals surface area contributed by atoms with Crippen LogP contribution in [0, 0.1) is 11.8 Å². The highest BCUT2D eigenvalue weighted by Crippen LogP contribution is 2.30. The average Bonchev–Trinajstić information content (AvgIpc) is 2.62. The van der Waals surface area contributed by atoms with E-state index in [9.17, 15) is 8.42 Å². The Bertz CT molecular complexity index is 266. The van der Waals surface area contributed by atoms with Gasteiger partial charge in [0.1, 0.15) is 0 Å². The molecule has 1 fully saturated rings. The summed E-state index contributed by atoms with van der Waals surface area (Å²) in [6.07, 6.45) is 3.37. The number of hydrogen-bond donors (Lipinski definition) is 3. The van der Waals surface area contributed by atoms with Gasteiger partial charge in [-0.15, -0.1) is 0 Å². The van der Waals surface area contributed by atoms with Gasteiger partial charge in [0.05, 0.1) is 0 Å². The standard InChI is InChI=1S/C8H19N3O2S/c1-10-14(12,13)11-6-8-4-2-3-7(8)5-9/h7-8,10-11H,2-6,9H2,1H3. The molecule has 2 atom stereocenters. The van der Waals surface area contributed by atoms with E-state index in [2.05, 4.69) is 9.44 Å². The molecule has 84 valence electrons. The lowest BCUT2D eigenvalue weighted by Crippen LogP contribution is -2.38. The van der Waals surface area contributed by atoms with Gasteiger partial charge in [-0.2, -0.15) is 8.42 Å². The number of nitrogens with one attached hydrogen (secondary N) is 2. The molecule has 0 amide bonds. The van der Waals surface area contributed by atoms with E-state index in [0.29, 0.717) is 24.9 Å². The molecule has 1 rings (SSSR count). The van der Waals surface area contributed by atoms with Crippen molar-refractivity contribution in [1.82, 2.24) is 9.44 Å². The summed E-state index contributed by atoms with van der Waals surface area (Å²) in [5, 5.41) is 0. The maximum Gasteiger partial charge on any atom is 0.276 e. The highest BCUT2D eigenvalue weighted by Gasteiger charge is 2.26. The second-order valence-corrected chi connectivity index (χ2v) is 5.45. The van der Waals surface area contributed by atoms with Crippen molar-refractivity contribution in [3.05, 3.63) is 0 Å². The van der Waals surface area contributed by atoms with E-state index in [0.717, 1.165) is 19.3 Å². The molecule has 0 aromatic carbocycles. The first-order valence-electron chi connectivity index (χ1n) is 4.97. The Morgan fingerprint density at radius 1 is 1.36 bits per heavy atom. The van der Waals surface area contributed by atoms with E-state index >= 15 is 0 Å². The zero-order chi connectivity index (χ0) is 10.6. The number of nitrogens with two attached hydrogens (primary N) is 1. The fraction of sp³-hybridized carbons (Fsp3) is 1.00. The summed E-state index contributed by atoms with van der Waals surface area (Å²) in [5.74, 6) is 0.887. The van der Waals surface area contributed by atoms with Crippen LogP contribution in [0.1, 0.15) is 19.3 Å². The zero-order valence-electron chi connectivity index (χ0n) is 8.49. The van der Waals surface area contributed by atoms with Crippen LogP contribution in [0.2, 0.25) is 0 Å². The SMILES string of the molecule is CNS(=O)(=O)NCC1CCCC1CN. The minimum Gasteiger partial charge on any atom is -0.330 e. The second kappa shape index (κ2) is 5.06. The Kier molecular flexibility index (Phi) is 4.31. The lowest BCUT2D eigenvalue weighted by atomic mass is 9.97. The summed E-state index contributed by atoms with van der Waals surface area (Å²) in [6.45, 7) is 1.16. The van der Waals surface area contributed by atoms with Crippen molar-refractivity contribution in [3.8, 4) is 0 Å². The van der Waals surface area contributed by atoms with Crippen LogP contribution in [-0.2, 0) is 10.2 Å². The molecule has 0 spiro atoms. The molecule has 2 unspecified atom stereocenters. The van der Waals surface area contributed by atoms with Crippen molar-refractivity contribution in [2.24, 2.45) is 17.6 Å². The summed E-state index contributed by atoms with van der Waals surface area (Å²) in [6, 6.07) is 0. The lowest BCUT2D eigenvalue weighted by molar-refractivity contribution is 0.392. The average molecular weight is 221 g/mol.